The van der Waals surface area contributed by atoms with Gasteiger partial charge in [0.25, 0.3) is 0 Å². The normalized spacial score (nSPS) is 48.3. The zero-order valence-electron chi connectivity index (χ0n) is 6.35. The lowest BCUT2D eigenvalue weighted by Gasteiger charge is -2.30. The summed E-state index contributed by atoms with van der Waals surface area (Å²) in [4.78, 5) is 0. The summed E-state index contributed by atoms with van der Waals surface area (Å²) >= 11 is 0. The fraction of sp³-hybridized carbons (Fsp3) is 0.778. The van der Waals surface area contributed by atoms with Gasteiger partial charge in [0.15, 0.2) is 0 Å². The molecule has 3 rings (SSSR count). The van der Waals surface area contributed by atoms with Gasteiger partial charge in [-0.05, 0) is 38.1 Å². The van der Waals surface area contributed by atoms with Crippen LogP contribution in [0.1, 0.15) is 19.3 Å². The van der Waals surface area contributed by atoms with E-state index < -0.39 is 0 Å². The van der Waals surface area contributed by atoms with E-state index in [0.717, 1.165) is 17.9 Å². The third-order valence-electron chi connectivity index (χ3n) is 3.55. The van der Waals surface area contributed by atoms with Gasteiger partial charge in [-0.25, -0.2) is 0 Å². The van der Waals surface area contributed by atoms with Crippen LogP contribution in [0.4, 0.5) is 0 Å². The monoisotopic (exact) mass is 135 g/mol. The number of fused-ring (bicyclic) bond motifs is 1. The average molecular weight is 135 g/mol. The lowest BCUT2D eigenvalue weighted by molar-refractivity contribution is 0.390. The summed E-state index contributed by atoms with van der Waals surface area (Å²) in [6, 6.07) is 0.800. The smallest absolute Gasteiger partial charge is 0.0313 e. The molecule has 3 atom stereocenters. The lowest BCUT2D eigenvalue weighted by atomic mass is 9.75. The zero-order valence-corrected chi connectivity index (χ0v) is 6.35. The maximum absolute atomic E-state index is 3.43. The predicted octanol–water partition coefficient (Wildman–Crippen LogP) is 1.31. The quantitative estimate of drug-likeness (QED) is 0.535. The SMILES string of the molecule is CN[C@H]1C2=C3CC2CC1C3. The van der Waals surface area contributed by atoms with Crippen molar-refractivity contribution in [3.8, 4) is 0 Å². The number of allylic oxidation sites excluding steroid dienone is 1. The molecule has 0 aromatic rings. The largest absolute Gasteiger partial charge is 0.313 e. The number of rotatable bonds is 1. The maximum Gasteiger partial charge on any atom is 0.0313 e. The Bertz CT molecular complexity index is 217. The van der Waals surface area contributed by atoms with Gasteiger partial charge in [-0.15, -0.1) is 0 Å². The highest BCUT2D eigenvalue weighted by atomic mass is 14.9. The van der Waals surface area contributed by atoms with Crippen molar-refractivity contribution >= 4 is 0 Å². The molecular weight excluding hydrogens is 122 g/mol. The van der Waals surface area contributed by atoms with Gasteiger partial charge in [-0.2, -0.15) is 0 Å². The molecule has 2 unspecified atom stereocenters. The molecule has 1 N–H and O–H groups in total. The van der Waals surface area contributed by atoms with Crippen molar-refractivity contribution in [2.45, 2.75) is 25.3 Å². The molecule has 0 spiro atoms. The Morgan fingerprint density at radius 1 is 1.40 bits per heavy atom. The molecule has 0 radical (unpaired) electrons. The van der Waals surface area contributed by atoms with Gasteiger partial charge in [0.1, 0.15) is 0 Å². The molecule has 3 aliphatic rings. The minimum atomic E-state index is 0.800. The van der Waals surface area contributed by atoms with Crippen LogP contribution in [0, 0.1) is 11.8 Å². The van der Waals surface area contributed by atoms with Gasteiger partial charge in [0.05, 0.1) is 0 Å². The van der Waals surface area contributed by atoms with Crippen molar-refractivity contribution in [1.29, 1.82) is 0 Å². The summed E-state index contributed by atoms with van der Waals surface area (Å²) in [5.74, 6) is 2.01. The molecule has 10 heavy (non-hydrogen) atoms. The number of nitrogens with one attached hydrogen (secondary N) is 1. The third kappa shape index (κ3) is 0.392. The summed E-state index contributed by atoms with van der Waals surface area (Å²) < 4.78 is 0. The molecule has 2 bridgehead atoms. The van der Waals surface area contributed by atoms with Crippen LogP contribution in [0.2, 0.25) is 0 Å². The molecule has 1 nitrogen and oxygen atoms in total. The highest BCUT2D eigenvalue weighted by Crippen LogP contribution is 2.58. The molecule has 1 fully saturated rings. The minimum absolute atomic E-state index is 0.800. The van der Waals surface area contributed by atoms with E-state index in [-0.39, 0.29) is 0 Å². The van der Waals surface area contributed by atoms with Crippen LogP contribution < -0.4 is 5.32 Å². The van der Waals surface area contributed by atoms with E-state index >= 15 is 0 Å². The number of hydrogen-bond donors (Lipinski definition) is 1. The van der Waals surface area contributed by atoms with E-state index in [1.807, 2.05) is 5.57 Å². The van der Waals surface area contributed by atoms with Gasteiger partial charge >= 0.3 is 0 Å². The first-order valence-corrected chi connectivity index (χ1v) is 4.29. The molecule has 0 aromatic heterocycles. The highest BCUT2D eigenvalue weighted by Gasteiger charge is 2.50. The molecular formula is C9H13N. The molecule has 3 aliphatic carbocycles. The third-order valence-corrected chi connectivity index (χ3v) is 3.55. The molecule has 0 saturated heterocycles. The van der Waals surface area contributed by atoms with Crippen molar-refractivity contribution in [3.63, 3.8) is 0 Å². The summed E-state index contributed by atoms with van der Waals surface area (Å²) in [6.07, 6.45) is 4.37. The first kappa shape index (κ1) is 5.36. The van der Waals surface area contributed by atoms with E-state index in [0.29, 0.717) is 0 Å². The molecule has 1 saturated carbocycles. The van der Waals surface area contributed by atoms with Crippen LogP contribution in [0.3, 0.4) is 0 Å². The Morgan fingerprint density at radius 2 is 2.30 bits per heavy atom. The second kappa shape index (κ2) is 1.48. The first-order chi connectivity index (χ1) is 4.90. The lowest BCUT2D eigenvalue weighted by Crippen LogP contribution is -2.27. The van der Waals surface area contributed by atoms with Crippen LogP contribution >= 0.6 is 0 Å². The number of likely N-dealkylation sites (N-methyl/N-ethyl adjacent to an activating group) is 1. The Kier molecular flexibility index (Phi) is 0.791. The van der Waals surface area contributed by atoms with Gasteiger partial charge in [-0.1, -0.05) is 11.1 Å². The van der Waals surface area contributed by atoms with Crippen LogP contribution in [-0.4, -0.2) is 13.1 Å². The van der Waals surface area contributed by atoms with E-state index in [1.165, 1.54) is 19.3 Å². The molecule has 0 aromatic carbocycles. The summed E-state index contributed by atoms with van der Waals surface area (Å²) in [5, 5.41) is 3.43. The van der Waals surface area contributed by atoms with Gasteiger partial charge in [0, 0.05) is 6.04 Å². The summed E-state index contributed by atoms with van der Waals surface area (Å²) in [6.45, 7) is 0. The Labute approximate surface area is 61.5 Å². The minimum Gasteiger partial charge on any atom is -0.313 e. The molecule has 0 aliphatic heterocycles. The Hall–Kier alpha value is -0.300. The van der Waals surface area contributed by atoms with Crippen molar-refractivity contribution in [2.24, 2.45) is 11.8 Å². The van der Waals surface area contributed by atoms with E-state index in [4.69, 9.17) is 0 Å². The average Bonchev–Trinajstić information content (AvgIpc) is 2.37. The Morgan fingerprint density at radius 3 is 2.60 bits per heavy atom. The van der Waals surface area contributed by atoms with Crippen molar-refractivity contribution in [3.05, 3.63) is 11.1 Å². The fourth-order valence-electron chi connectivity index (χ4n) is 3.23. The second-order valence-electron chi connectivity index (χ2n) is 3.93. The van der Waals surface area contributed by atoms with Gasteiger partial charge in [0.2, 0.25) is 0 Å². The van der Waals surface area contributed by atoms with E-state index in [2.05, 4.69) is 12.4 Å². The van der Waals surface area contributed by atoms with Crippen molar-refractivity contribution in [2.75, 3.05) is 7.05 Å². The van der Waals surface area contributed by atoms with Gasteiger partial charge < -0.3 is 5.32 Å². The maximum atomic E-state index is 3.43. The summed E-state index contributed by atoms with van der Waals surface area (Å²) in [7, 11) is 2.11. The van der Waals surface area contributed by atoms with E-state index in [9.17, 15) is 0 Å². The van der Waals surface area contributed by atoms with Crippen molar-refractivity contribution in [1.82, 2.24) is 5.32 Å². The number of hydrogen-bond acceptors (Lipinski definition) is 1. The first-order valence-electron chi connectivity index (χ1n) is 4.29. The standard InChI is InChI=1S/C9H13N/c1-10-9-7-3-5-2-6(4-7)8(5)9/h5,7,9-10H,2-4H2,1H3/t5?,7?,9-/m1/s1. The van der Waals surface area contributed by atoms with Crippen LogP contribution in [-0.2, 0) is 0 Å². The molecule has 1 heteroatoms. The topological polar surface area (TPSA) is 12.0 Å². The summed E-state index contributed by atoms with van der Waals surface area (Å²) in [5.41, 5.74) is 3.62. The van der Waals surface area contributed by atoms with Gasteiger partial charge in [-0.3, -0.25) is 0 Å². The van der Waals surface area contributed by atoms with Crippen LogP contribution in [0.15, 0.2) is 11.1 Å². The van der Waals surface area contributed by atoms with Crippen LogP contribution in [0.5, 0.6) is 0 Å². The van der Waals surface area contributed by atoms with Crippen LogP contribution in [0.25, 0.3) is 0 Å². The highest BCUT2D eigenvalue weighted by molar-refractivity contribution is 5.43. The van der Waals surface area contributed by atoms with E-state index in [1.54, 1.807) is 5.57 Å². The fourth-order valence-corrected chi connectivity index (χ4v) is 3.23. The van der Waals surface area contributed by atoms with Crippen molar-refractivity contribution < 1.29 is 0 Å². The molecule has 0 heterocycles. The zero-order chi connectivity index (χ0) is 6.72. The predicted molar refractivity (Wildman–Crippen MR) is 40.7 cm³/mol. The Balaban J connectivity index is 2.05. The molecule has 54 valence electrons. The molecule has 0 amide bonds. The second-order valence-corrected chi connectivity index (χ2v) is 3.93.